The van der Waals surface area contributed by atoms with Gasteiger partial charge in [-0.3, -0.25) is 4.79 Å². The molecule has 0 fully saturated rings. The smallest absolute Gasteiger partial charge is 0.229 e. The van der Waals surface area contributed by atoms with E-state index >= 15 is 0 Å². The molecule has 2 heteroatoms. The number of rotatable bonds is 2. The molecule has 0 N–H and O–H groups in total. The van der Waals surface area contributed by atoms with Gasteiger partial charge in [0.1, 0.15) is 0 Å². The topological polar surface area (TPSA) is 20.3 Å². The van der Waals surface area contributed by atoms with Crippen LogP contribution in [0.3, 0.4) is 0 Å². The van der Waals surface area contributed by atoms with Crippen molar-refractivity contribution < 1.29 is 4.79 Å². The van der Waals surface area contributed by atoms with Gasteiger partial charge in [0.05, 0.1) is 5.92 Å². The summed E-state index contributed by atoms with van der Waals surface area (Å²) in [6, 6.07) is 14.4. The molecule has 0 bridgehead atoms. The molecule has 1 atom stereocenters. The highest BCUT2D eigenvalue weighted by atomic mass is 16.2. The first-order valence-electron chi connectivity index (χ1n) is 5.79. The van der Waals surface area contributed by atoms with Crippen LogP contribution in [0.2, 0.25) is 0 Å². The highest BCUT2D eigenvalue weighted by Crippen LogP contribution is 2.22. The van der Waals surface area contributed by atoms with E-state index in [1.54, 1.807) is 19.0 Å². The molecule has 0 saturated carbocycles. The van der Waals surface area contributed by atoms with Gasteiger partial charge in [-0.25, -0.2) is 0 Å². The summed E-state index contributed by atoms with van der Waals surface area (Å²) < 4.78 is 0. The summed E-state index contributed by atoms with van der Waals surface area (Å²) in [5, 5.41) is 2.39. The third kappa shape index (κ3) is 2.31. The second-order valence-corrected chi connectivity index (χ2v) is 4.56. The minimum absolute atomic E-state index is 0.0883. The van der Waals surface area contributed by atoms with E-state index in [0.29, 0.717) is 0 Å². The predicted octanol–water partition coefficient (Wildman–Crippen LogP) is 3.03. The zero-order valence-corrected chi connectivity index (χ0v) is 10.5. The van der Waals surface area contributed by atoms with E-state index in [1.165, 1.54) is 10.8 Å². The van der Waals surface area contributed by atoms with Gasteiger partial charge in [0, 0.05) is 14.1 Å². The minimum atomic E-state index is -0.0883. The highest BCUT2D eigenvalue weighted by Gasteiger charge is 2.16. The number of benzene rings is 2. The summed E-state index contributed by atoms with van der Waals surface area (Å²) in [5.74, 6) is 0.0508. The number of amides is 1. The molecule has 0 aromatic heterocycles. The molecule has 0 aliphatic rings. The van der Waals surface area contributed by atoms with E-state index in [4.69, 9.17) is 0 Å². The van der Waals surface area contributed by atoms with Crippen LogP contribution in [-0.2, 0) is 4.79 Å². The molecule has 2 rings (SSSR count). The lowest BCUT2D eigenvalue weighted by Crippen LogP contribution is -2.26. The highest BCUT2D eigenvalue weighted by molar-refractivity contribution is 5.87. The average molecular weight is 227 g/mol. The fourth-order valence-electron chi connectivity index (χ4n) is 2.01. The van der Waals surface area contributed by atoms with E-state index in [1.807, 2.05) is 25.1 Å². The fraction of sp³-hybridized carbons (Fsp3) is 0.267. The van der Waals surface area contributed by atoms with Crippen molar-refractivity contribution in [1.82, 2.24) is 4.90 Å². The Morgan fingerprint density at radius 1 is 1.06 bits per heavy atom. The van der Waals surface area contributed by atoms with Gasteiger partial charge < -0.3 is 4.90 Å². The van der Waals surface area contributed by atoms with Gasteiger partial charge >= 0.3 is 0 Å². The second-order valence-electron chi connectivity index (χ2n) is 4.56. The lowest BCUT2D eigenvalue weighted by atomic mass is 9.97. The van der Waals surface area contributed by atoms with Crippen LogP contribution in [0.15, 0.2) is 42.5 Å². The predicted molar refractivity (Wildman–Crippen MR) is 71.1 cm³/mol. The molecule has 0 heterocycles. The first-order chi connectivity index (χ1) is 8.09. The molecule has 1 amide bonds. The van der Waals surface area contributed by atoms with Crippen LogP contribution in [0, 0.1) is 0 Å². The summed E-state index contributed by atoms with van der Waals surface area (Å²) in [5.41, 5.74) is 1.07. The van der Waals surface area contributed by atoms with Crippen LogP contribution in [0.5, 0.6) is 0 Å². The van der Waals surface area contributed by atoms with Crippen molar-refractivity contribution in [3.05, 3.63) is 48.0 Å². The van der Waals surface area contributed by atoms with E-state index in [2.05, 4.69) is 24.3 Å². The molecule has 2 aromatic carbocycles. The number of carbonyl (C=O) groups is 1. The number of hydrogen-bond acceptors (Lipinski definition) is 1. The number of carbonyl (C=O) groups excluding carboxylic acids is 1. The Hall–Kier alpha value is -1.83. The number of likely N-dealkylation sites (N-methyl/N-ethyl adjacent to an activating group) is 1. The van der Waals surface area contributed by atoms with Crippen molar-refractivity contribution in [2.75, 3.05) is 14.1 Å². The monoisotopic (exact) mass is 227 g/mol. The zero-order chi connectivity index (χ0) is 12.4. The Kier molecular flexibility index (Phi) is 3.14. The lowest BCUT2D eigenvalue weighted by Gasteiger charge is -2.17. The number of fused-ring (bicyclic) bond motifs is 1. The molecule has 88 valence electrons. The normalized spacial score (nSPS) is 12.4. The van der Waals surface area contributed by atoms with Crippen LogP contribution < -0.4 is 0 Å². The van der Waals surface area contributed by atoms with Gasteiger partial charge in [-0.15, -0.1) is 0 Å². The van der Waals surface area contributed by atoms with Crippen LogP contribution in [0.25, 0.3) is 10.8 Å². The Balaban J connectivity index is 2.39. The molecule has 0 radical (unpaired) electrons. The summed E-state index contributed by atoms with van der Waals surface area (Å²) >= 11 is 0. The third-order valence-corrected chi connectivity index (χ3v) is 3.08. The zero-order valence-electron chi connectivity index (χ0n) is 10.5. The Morgan fingerprint density at radius 2 is 1.71 bits per heavy atom. The molecule has 0 aliphatic carbocycles. The molecule has 17 heavy (non-hydrogen) atoms. The standard InChI is InChI=1S/C15H17NO/c1-11(15(17)16(2)3)13-9-8-12-6-4-5-7-14(12)10-13/h4-11H,1-3H3. The van der Waals surface area contributed by atoms with Crippen molar-refractivity contribution >= 4 is 16.7 Å². The van der Waals surface area contributed by atoms with Gasteiger partial charge in [0.2, 0.25) is 5.91 Å². The largest absolute Gasteiger partial charge is 0.348 e. The molecule has 1 unspecified atom stereocenters. The van der Waals surface area contributed by atoms with E-state index < -0.39 is 0 Å². The van der Waals surface area contributed by atoms with Gasteiger partial charge in [0.25, 0.3) is 0 Å². The Bertz CT molecular complexity index is 545. The Morgan fingerprint density at radius 3 is 2.35 bits per heavy atom. The van der Waals surface area contributed by atoms with Gasteiger partial charge in [-0.2, -0.15) is 0 Å². The van der Waals surface area contributed by atoms with Crippen molar-refractivity contribution in [2.45, 2.75) is 12.8 Å². The maximum Gasteiger partial charge on any atom is 0.229 e. The van der Waals surface area contributed by atoms with Crippen LogP contribution in [-0.4, -0.2) is 24.9 Å². The van der Waals surface area contributed by atoms with Crippen molar-refractivity contribution in [1.29, 1.82) is 0 Å². The van der Waals surface area contributed by atoms with Gasteiger partial charge in [-0.1, -0.05) is 42.5 Å². The van der Waals surface area contributed by atoms with Crippen LogP contribution >= 0.6 is 0 Å². The average Bonchev–Trinajstić information content (AvgIpc) is 2.36. The van der Waals surface area contributed by atoms with Crippen LogP contribution in [0.1, 0.15) is 18.4 Å². The van der Waals surface area contributed by atoms with Crippen molar-refractivity contribution in [2.24, 2.45) is 0 Å². The quantitative estimate of drug-likeness (QED) is 0.772. The maximum atomic E-state index is 11.9. The third-order valence-electron chi connectivity index (χ3n) is 3.08. The maximum absolute atomic E-state index is 11.9. The summed E-state index contributed by atoms with van der Waals surface area (Å²) in [4.78, 5) is 13.5. The first kappa shape index (κ1) is 11.6. The summed E-state index contributed by atoms with van der Waals surface area (Å²) in [6.07, 6.45) is 0. The lowest BCUT2D eigenvalue weighted by molar-refractivity contribution is -0.129. The fourth-order valence-corrected chi connectivity index (χ4v) is 2.01. The molecule has 0 aliphatic heterocycles. The van der Waals surface area contributed by atoms with E-state index in [9.17, 15) is 4.79 Å². The molecule has 0 saturated heterocycles. The summed E-state index contributed by atoms with van der Waals surface area (Å²) in [7, 11) is 3.58. The molecular weight excluding hydrogens is 210 g/mol. The van der Waals surface area contributed by atoms with Crippen LogP contribution in [0.4, 0.5) is 0 Å². The minimum Gasteiger partial charge on any atom is -0.348 e. The van der Waals surface area contributed by atoms with E-state index in [-0.39, 0.29) is 11.8 Å². The molecular formula is C15H17NO. The number of nitrogens with zero attached hydrogens (tertiary/aromatic N) is 1. The SMILES string of the molecule is CC(C(=O)N(C)C)c1ccc2ccccc2c1. The molecule has 0 spiro atoms. The Labute approximate surface area is 102 Å². The molecule has 2 aromatic rings. The molecule has 2 nitrogen and oxygen atoms in total. The second kappa shape index (κ2) is 4.58. The van der Waals surface area contributed by atoms with Crippen molar-refractivity contribution in [3.8, 4) is 0 Å². The first-order valence-corrected chi connectivity index (χ1v) is 5.79. The van der Waals surface area contributed by atoms with Gasteiger partial charge in [-0.05, 0) is 23.3 Å². The van der Waals surface area contributed by atoms with Crippen molar-refractivity contribution in [3.63, 3.8) is 0 Å². The summed E-state index contributed by atoms with van der Waals surface area (Å²) in [6.45, 7) is 1.95. The van der Waals surface area contributed by atoms with Gasteiger partial charge in [0.15, 0.2) is 0 Å². The number of hydrogen-bond donors (Lipinski definition) is 0. The van der Waals surface area contributed by atoms with E-state index in [0.717, 1.165) is 5.56 Å².